The summed E-state index contributed by atoms with van der Waals surface area (Å²) in [6.45, 7) is 5.29. The van der Waals surface area contributed by atoms with Crippen molar-refractivity contribution in [2.75, 3.05) is 19.7 Å². The van der Waals surface area contributed by atoms with Crippen molar-refractivity contribution in [3.05, 3.63) is 47.4 Å². The zero-order chi connectivity index (χ0) is 18.1. The van der Waals surface area contributed by atoms with E-state index >= 15 is 0 Å². The molecule has 1 unspecified atom stereocenters. The first-order valence-electron chi connectivity index (χ1n) is 8.56. The van der Waals surface area contributed by atoms with Crippen molar-refractivity contribution in [2.45, 2.75) is 26.3 Å². The van der Waals surface area contributed by atoms with Gasteiger partial charge in [-0.1, -0.05) is 38.5 Å². The Bertz CT molecular complexity index is 731. The molecule has 1 atom stereocenters. The van der Waals surface area contributed by atoms with E-state index in [1.807, 2.05) is 6.08 Å². The number of aliphatic imine (C=N–C) groups is 2. The molecule has 6 heteroatoms. The summed E-state index contributed by atoms with van der Waals surface area (Å²) >= 11 is 1.80. The average Bonchev–Trinajstić information content (AvgIpc) is 3.25. The standard InChI is InChI=1S/C16H18N4OS.C3H8/c17-15(18-7-8-21)5-6-16-19-10-12(20-16)14-9-11-3-1-2-4-13(11)22-14;1-3-2/h1-6,9,12,21H,7-8,10H2,(H2,17,18)(H,19,20);3H2,1-2H3/b6-5-;. The number of nitrogens with two attached hydrogens (primary N) is 1. The predicted molar refractivity (Wildman–Crippen MR) is 109 cm³/mol. The van der Waals surface area contributed by atoms with E-state index in [1.165, 1.54) is 21.4 Å². The van der Waals surface area contributed by atoms with Gasteiger partial charge in [-0.05, 0) is 29.7 Å². The molecule has 5 nitrogen and oxygen atoms in total. The Hall–Kier alpha value is -2.18. The molecule has 4 N–H and O–H groups in total. The molecule has 2 aromatic rings. The number of hydrogen-bond donors (Lipinski definition) is 3. The van der Waals surface area contributed by atoms with Crippen LogP contribution in [0.15, 0.2) is 52.5 Å². The molecule has 0 spiro atoms. The fourth-order valence-electron chi connectivity index (χ4n) is 2.29. The molecule has 2 heterocycles. The van der Waals surface area contributed by atoms with Crippen LogP contribution in [0.4, 0.5) is 0 Å². The summed E-state index contributed by atoms with van der Waals surface area (Å²) in [4.78, 5) is 9.76. The van der Waals surface area contributed by atoms with Crippen LogP contribution in [-0.4, -0.2) is 36.5 Å². The van der Waals surface area contributed by atoms with Gasteiger partial charge in [0.2, 0.25) is 0 Å². The van der Waals surface area contributed by atoms with Gasteiger partial charge >= 0.3 is 0 Å². The van der Waals surface area contributed by atoms with Gasteiger partial charge in [0.15, 0.2) is 0 Å². The Morgan fingerprint density at radius 1 is 1.44 bits per heavy atom. The second kappa shape index (κ2) is 9.96. The monoisotopic (exact) mass is 358 g/mol. The zero-order valence-corrected chi connectivity index (χ0v) is 15.6. The highest BCUT2D eigenvalue weighted by Gasteiger charge is 2.19. The molecule has 0 radical (unpaired) electrons. The first-order valence-corrected chi connectivity index (χ1v) is 9.37. The third-order valence-electron chi connectivity index (χ3n) is 3.36. The molecule has 0 aliphatic carbocycles. The molecule has 0 amide bonds. The molecule has 0 saturated heterocycles. The van der Waals surface area contributed by atoms with Gasteiger partial charge in [-0.3, -0.25) is 9.98 Å². The molecule has 1 aliphatic rings. The minimum atomic E-state index is 0.00173. The van der Waals surface area contributed by atoms with Crippen LogP contribution in [0.3, 0.4) is 0 Å². The maximum Gasteiger partial charge on any atom is 0.121 e. The minimum Gasteiger partial charge on any atom is -0.394 e. The van der Waals surface area contributed by atoms with Crippen LogP contribution in [0.5, 0.6) is 0 Å². The number of fused-ring (bicyclic) bond motifs is 1. The number of benzene rings is 1. The minimum absolute atomic E-state index is 0.00173. The van der Waals surface area contributed by atoms with Gasteiger partial charge < -0.3 is 16.2 Å². The normalized spacial score (nSPS) is 17.3. The van der Waals surface area contributed by atoms with Crippen LogP contribution in [0.25, 0.3) is 10.1 Å². The van der Waals surface area contributed by atoms with E-state index < -0.39 is 0 Å². The summed E-state index contributed by atoms with van der Waals surface area (Å²) < 4.78 is 1.30. The van der Waals surface area contributed by atoms with Crippen LogP contribution in [-0.2, 0) is 0 Å². The third kappa shape index (κ3) is 5.69. The van der Waals surface area contributed by atoms with Gasteiger partial charge in [-0.15, -0.1) is 11.3 Å². The van der Waals surface area contributed by atoms with Crippen LogP contribution in [0.2, 0.25) is 0 Å². The quantitative estimate of drug-likeness (QED) is 0.567. The first-order chi connectivity index (χ1) is 12.2. The lowest BCUT2D eigenvalue weighted by Crippen LogP contribution is -2.21. The molecule has 3 rings (SSSR count). The second-order valence-electron chi connectivity index (χ2n) is 5.68. The molecular formula is C19H26N4OS. The van der Waals surface area contributed by atoms with Crippen LogP contribution in [0, 0.1) is 0 Å². The Kier molecular flexibility index (Phi) is 7.63. The summed E-state index contributed by atoms with van der Waals surface area (Å²) in [6, 6.07) is 10.8. The molecule has 0 saturated carbocycles. The van der Waals surface area contributed by atoms with Crippen molar-refractivity contribution in [1.29, 1.82) is 0 Å². The molecule has 1 aliphatic heterocycles. The maximum atomic E-state index is 8.69. The molecule has 134 valence electrons. The summed E-state index contributed by atoms with van der Waals surface area (Å²) in [5, 5.41) is 13.4. The number of nitrogens with zero attached hydrogens (tertiary/aromatic N) is 2. The number of rotatable bonds is 5. The van der Waals surface area contributed by atoms with Gasteiger partial charge in [0.05, 0.1) is 25.7 Å². The number of nitrogens with one attached hydrogen (secondary N) is 1. The maximum absolute atomic E-state index is 8.69. The van der Waals surface area contributed by atoms with Gasteiger partial charge in [0.25, 0.3) is 0 Å². The number of aliphatic hydroxyl groups is 1. The molecule has 0 fully saturated rings. The van der Waals surface area contributed by atoms with E-state index in [0.29, 0.717) is 12.4 Å². The smallest absolute Gasteiger partial charge is 0.121 e. The Balaban J connectivity index is 0.000000701. The van der Waals surface area contributed by atoms with Gasteiger partial charge in [0, 0.05) is 9.58 Å². The highest BCUT2D eigenvalue weighted by molar-refractivity contribution is 7.19. The van der Waals surface area contributed by atoms with E-state index in [4.69, 9.17) is 10.8 Å². The van der Waals surface area contributed by atoms with Crippen molar-refractivity contribution < 1.29 is 5.11 Å². The first kappa shape index (κ1) is 19.1. The molecule has 0 bridgehead atoms. The van der Waals surface area contributed by atoms with Crippen LogP contribution >= 0.6 is 11.3 Å². The van der Waals surface area contributed by atoms with Crippen molar-refractivity contribution in [1.82, 2.24) is 5.32 Å². The van der Waals surface area contributed by atoms with Gasteiger partial charge in [-0.25, -0.2) is 0 Å². The summed E-state index contributed by atoms with van der Waals surface area (Å²) in [6.07, 6.45) is 4.78. The Morgan fingerprint density at radius 2 is 2.20 bits per heavy atom. The lowest BCUT2D eigenvalue weighted by Gasteiger charge is -2.07. The van der Waals surface area contributed by atoms with E-state index in [-0.39, 0.29) is 12.6 Å². The molecule has 25 heavy (non-hydrogen) atoms. The van der Waals surface area contributed by atoms with Crippen LogP contribution in [0.1, 0.15) is 31.2 Å². The summed E-state index contributed by atoms with van der Waals surface area (Å²) in [7, 11) is 0. The Labute approximate surface area is 153 Å². The third-order valence-corrected chi connectivity index (χ3v) is 4.59. The van der Waals surface area contributed by atoms with Gasteiger partial charge in [-0.2, -0.15) is 0 Å². The molecule has 1 aromatic heterocycles. The fraction of sp³-hybridized carbons (Fsp3) is 0.368. The van der Waals surface area contributed by atoms with Crippen molar-refractivity contribution in [2.24, 2.45) is 15.7 Å². The van der Waals surface area contributed by atoms with Gasteiger partial charge in [0.1, 0.15) is 11.7 Å². The lowest BCUT2D eigenvalue weighted by molar-refractivity contribution is 0.307. The number of aliphatic hydroxyl groups excluding tert-OH is 1. The van der Waals surface area contributed by atoms with E-state index in [1.54, 1.807) is 17.4 Å². The highest BCUT2D eigenvalue weighted by atomic mass is 32.1. The molecular weight excluding hydrogens is 332 g/mol. The van der Waals surface area contributed by atoms with E-state index in [0.717, 1.165) is 12.4 Å². The van der Waals surface area contributed by atoms with Crippen molar-refractivity contribution in [3.63, 3.8) is 0 Å². The number of amidine groups is 2. The largest absolute Gasteiger partial charge is 0.394 e. The van der Waals surface area contributed by atoms with Crippen LogP contribution < -0.4 is 11.1 Å². The SMILES string of the molecule is CCC.NC(/C=C\C1=NCC(c2cc3ccccc3s2)N1)=NCCO. The number of thiophene rings is 1. The summed E-state index contributed by atoms with van der Waals surface area (Å²) in [5.41, 5.74) is 5.71. The Morgan fingerprint density at radius 3 is 2.92 bits per heavy atom. The summed E-state index contributed by atoms with van der Waals surface area (Å²) in [5.74, 6) is 1.20. The topological polar surface area (TPSA) is 83.0 Å². The predicted octanol–water partition coefficient (Wildman–Crippen LogP) is 3.27. The van der Waals surface area contributed by atoms with E-state index in [2.05, 4.69) is 59.5 Å². The average molecular weight is 359 g/mol. The second-order valence-corrected chi connectivity index (χ2v) is 6.80. The van der Waals surface area contributed by atoms with E-state index in [9.17, 15) is 0 Å². The molecule has 1 aromatic carbocycles. The fourth-order valence-corrected chi connectivity index (χ4v) is 3.40. The lowest BCUT2D eigenvalue weighted by atomic mass is 10.2. The highest BCUT2D eigenvalue weighted by Crippen LogP contribution is 2.31. The number of hydrogen-bond acceptors (Lipinski definition) is 5. The zero-order valence-electron chi connectivity index (χ0n) is 14.8. The van der Waals surface area contributed by atoms with Crippen molar-refractivity contribution >= 4 is 33.1 Å². The van der Waals surface area contributed by atoms with Crippen molar-refractivity contribution in [3.8, 4) is 0 Å².